The van der Waals surface area contributed by atoms with Crippen LogP contribution < -0.4 is 20.3 Å². The lowest BCUT2D eigenvalue weighted by Crippen LogP contribution is -2.42. The predicted octanol–water partition coefficient (Wildman–Crippen LogP) is 3.28. The Kier molecular flexibility index (Phi) is 10.3. The summed E-state index contributed by atoms with van der Waals surface area (Å²) in [7, 11) is 7.52. The van der Waals surface area contributed by atoms with E-state index in [0.29, 0.717) is 6.54 Å². The second-order valence-corrected chi connectivity index (χ2v) is 7.76. The average molecular weight is 538 g/mol. The fourth-order valence-corrected chi connectivity index (χ4v) is 3.77. The summed E-state index contributed by atoms with van der Waals surface area (Å²) < 4.78 is 5.44. The topological polar surface area (TPSA) is 65.0 Å². The molecule has 0 spiro atoms. The van der Waals surface area contributed by atoms with Crippen molar-refractivity contribution in [1.29, 1.82) is 0 Å². The highest BCUT2D eigenvalue weighted by molar-refractivity contribution is 14.0. The van der Waals surface area contributed by atoms with E-state index >= 15 is 0 Å². The van der Waals surface area contributed by atoms with Gasteiger partial charge in [0.25, 0.3) is 0 Å². The van der Waals surface area contributed by atoms with Gasteiger partial charge in [-0.1, -0.05) is 12.1 Å². The largest absolute Gasteiger partial charge is 0.497 e. The molecule has 1 atom stereocenters. The van der Waals surface area contributed by atoms with E-state index in [1.807, 2.05) is 44.4 Å². The van der Waals surface area contributed by atoms with E-state index in [4.69, 9.17) is 4.74 Å². The van der Waals surface area contributed by atoms with Crippen LogP contribution in [0.4, 0.5) is 5.82 Å². The molecule has 2 heterocycles. The molecule has 1 aliphatic rings. The van der Waals surface area contributed by atoms with Crippen LogP contribution in [-0.4, -0.2) is 63.7 Å². The number of rotatable bonds is 8. The summed E-state index contributed by atoms with van der Waals surface area (Å²) in [6, 6.07) is 12.8. The predicted molar refractivity (Wildman–Crippen MR) is 139 cm³/mol. The third-order valence-corrected chi connectivity index (χ3v) is 5.47. The first kappa shape index (κ1) is 25.2. The van der Waals surface area contributed by atoms with E-state index in [1.54, 1.807) is 7.11 Å². The lowest BCUT2D eigenvalue weighted by atomic mass is 10.1. The van der Waals surface area contributed by atoms with Crippen LogP contribution >= 0.6 is 24.0 Å². The molecule has 3 rings (SSSR count). The van der Waals surface area contributed by atoms with Crippen molar-refractivity contribution in [3.63, 3.8) is 0 Å². The normalized spacial score (nSPS) is 15.2. The van der Waals surface area contributed by atoms with Crippen LogP contribution in [0.15, 0.2) is 47.6 Å². The van der Waals surface area contributed by atoms with Gasteiger partial charge in [-0.3, -0.25) is 9.89 Å². The Morgan fingerprint density at radius 1 is 1.19 bits per heavy atom. The molecule has 0 aliphatic carbocycles. The highest BCUT2D eigenvalue weighted by Gasteiger charge is 2.24. The second-order valence-electron chi connectivity index (χ2n) is 7.76. The molecule has 170 valence electrons. The van der Waals surface area contributed by atoms with Gasteiger partial charge in [0, 0.05) is 40.4 Å². The fraction of sp³-hybridized carbons (Fsp3) is 0.478. The van der Waals surface area contributed by atoms with Crippen LogP contribution in [0.25, 0.3) is 0 Å². The molecule has 1 fully saturated rings. The molecule has 0 bridgehead atoms. The molecule has 7 nitrogen and oxygen atoms in total. The first-order valence-electron chi connectivity index (χ1n) is 10.6. The number of aromatic nitrogens is 1. The molecule has 0 amide bonds. The summed E-state index contributed by atoms with van der Waals surface area (Å²) in [4.78, 5) is 13.3. The summed E-state index contributed by atoms with van der Waals surface area (Å²) >= 11 is 0. The zero-order chi connectivity index (χ0) is 21.3. The highest BCUT2D eigenvalue weighted by Crippen LogP contribution is 2.27. The maximum Gasteiger partial charge on any atom is 0.191 e. The number of guanidine groups is 1. The van der Waals surface area contributed by atoms with Gasteiger partial charge >= 0.3 is 0 Å². The van der Waals surface area contributed by atoms with Gasteiger partial charge in [0.15, 0.2) is 5.96 Å². The second kappa shape index (κ2) is 12.7. The maximum atomic E-state index is 5.44. The lowest BCUT2D eigenvalue weighted by Gasteiger charge is -2.29. The molecule has 1 aromatic heterocycles. The van der Waals surface area contributed by atoms with Gasteiger partial charge in [-0.15, -0.1) is 24.0 Å². The van der Waals surface area contributed by atoms with Crippen LogP contribution in [0.1, 0.15) is 30.0 Å². The van der Waals surface area contributed by atoms with Crippen LogP contribution in [-0.2, 0) is 6.54 Å². The maximum absolute atomic E-state index is 5.44. The number of hydrogen-bond donors (Lipinski definition) is 2. The molecule has 0 radical (unpaired) electrons. The molecule has 0 saturated carbocycles. The number of ether oxygens (including phenoxy) is 1. The quantitative estimate of drug-likeness (QED) is 0.306. The molecule has 31 heavy (non-hydrogen) atoms. The Labute approximate surface area is 203 Å². The van der Waals surface area contributed by atoms with Crippen molar-refractivity contribution in [3.05, 3.63) is 53.7 Å². The average Bonchev–Trinajstić information content (AvgIpc) is 3.31. The minimum Gasteiger partial charge on any atom is -0.497 e. The van der Waals surface area contributed by atoms with Gasteiger partial charge in [-0.2, -0.15) is 0 Å². The molecule has 8 heteroatoms. The third-order valence-electron chi connectivity index (χ3n) is 5.47. The summed E-state index contributed by atoms with van der Waals surface area (Å²) in [6.45, 7) is 3.72. The summed E-state index contributed by atoms with van der Waals surface area (Å²) in [5.74, 6) is 2.64. The number of benzene rings is 1. The monoisotopic (exact) mass is 538 g/mol. The SMILES string of the molecule is CN=C(NCc1ccnc(N(C)C)c1)NCC(c1cccc(OC)c1)N1CCCC1.I. The number of hydrogen-bond acceptors (Lipinski definition) is 5. The van der Waals surface area contributed by atoms with E-state index in [2.05, 4.69) is 49.8 Å². The van der Waals surface area contributed by atoms with Gasteiger partial charge < -0.3 is 20.3 Å². The minimum absolute atomic E-state index is 0. The number of anilines is 1. The van der Waals surface area contributed by atoms with Crippen molar-refractivity contribution in [2.75, 3.05) is 52.8 Å². The van der Waals surface area contributed by atoms with Crippen molar-refractivity contribution >= 4 is 35.8 Å². The number of aliphatic imine (C=N–C) groups is 1. The smallest absolute Gasteiger partial charge is 0.191 e. The van der Waals surface area contributed by atoms with Gasteiger partial charge in [0.1, 0.15) is 11.6 Å². The minimum atomic E-state index is 0. The zero-order valence-electron chi connectivity index (χ0n) is 19.0. The van der Waals surface area contributed by atoms with Crippen LogP contribution in [0, 0.1) is 0 Å². The van der Waals surface area contributed by atoms with E-state index in [1.165, 1.54) is 24.0 Å². The first-order chi connectivity index (χ1) is 14.6. The highest BCUT2D eigenvalue weighted by atomic mass is 127. The standard InChI is InChI=1S/C23H34N6O.HI/c1-24-23(26-16-18-10-11-25-22(14-18)28(2)3)27-17-21(29-12-5-6-13-29)19-8-7-9-20(15-19)30-4;/h7-11,14-15,21H,5-6,12-13,16-17H2,1-4H3,(H2,24,26,27);1H. The Morgan fingerprint density at radius 3 is 2.65 bits per heavy atom. The van der Waals surface area contributed by atoms with Crippen molar-refractivity contribution in [1.82, 2.24) is 20.5 Å². The number of nitrogens with one attached hydrogen (secondary N) is 2. The Hall–Kier alpha value is -2.07. The molecule has 2 N–H and O–H groups in total. The van der Waals surface area contributed by atoms with Crippen LogP contribution in [0.2, 0.25) is 0 Å². The van der Waals surface area contributed by atoms with Crippen molar-refractivity contribution in [2.24, 2.45) is 4.99 Å². The number of methoxy groups -OCH3 is 1. The molecule has 1 unspecified atom stereocenters. The molecular weight excluding hydrogens is 503 g/mol. The Morgan fingerprint density at radius 2 is 1.97 bits per heavy atom. The van der Waals surface area contributed by atoms with E-state index < -0.39 is 0 Å². The molecule has 1 aliphatic heterocycles. The van der Waals surface area contributed by atoms with Gasteiger partial charge in [0.05, 0.1) is 13.2 Å². The summed E-state index contributed by atoms with van der Waals surface area (Å²) in [5.41, 5.74) is 2.43. The van der Waals surface area contributed by atoms with Gasteiger partial charge in [-0.25, -0.2) is 4.98 Å². The molecule has 2 aromatic rings. The van der Waals surface area contributed by atoms with E-state index in [9.17, 15) is 0 Å². The Balaban J connectivity index is 0.00000341. The third kappa shape index (κ3) is 7.24. The number of likely N-dealkylation sites (tertiary alicyclic amines) is 1. The fourth-order valence-electron chi connectivity index (χ4n) is 3.77. The number of pyridine rings is 1. The van der Waals surface area contributed by atoms with E-state index in [-0.39, 0.29) is 30.0 Å². The number of nitrogens with zero attached hydrogens (tertiary/aromatic N) is 4. The summed E-state index contributed by atoms with van der Waals surface area (Å²) in [5, 5.41) is 6.94. The zero-order valence-corrected chi connectivity index (χ0v) is 21.3. The lowest BCUT2D eigenvalue weighted by molar-refractivity contribution is 0.245. The van der Waals surface area contributed by atoms with Crippen LogP contribution in [0.5, 0.6) is 5.75 Å². The first-order valence-corrected chi connectivity index (χ1v) is 10.6. The summed E-state index contributed by atoms with van der Waals surface area (Å²) in [6.07, 6.45) is 4.35. The van der Waals surface area contributed by atoms with Crippen molar-refractivity contribution in [2.45, 2.75) is 25.4 Å². The molecule has 1 aromatic carbocycles. The van der Waals surface area contributed by atoms with Gasteiger partial charge in [0.2, 0.25) is 0 Å². The van der Waals surface area contributed by atoms with Gasteiger partial charge in [-0.05, 0) is 61.3 Å². The van der Waals surface area contributed by atoms with Crippen molar-refractivity contribution < 1.29 is 4.74 Å². The molecule has 1 saturated heterocycles. The molecular formula is C23H35IN6O. The van der Waals surface area contributed by atoms with Crippen LogP contribution in [0.3, 0.4) is 0 Å². The Bertz CT molecular complexity index is 838. The van der Waals surface area contributed by atoms with E-state index in [0.717, 1.165) is 37.2 Å². The number of halogens is 1. The van der Waals surface area contributed by atoms with Crippen molar-refractivity contribution in [3.8, 4) is 5.75 Å².